The molecule has 13 heteroatoms. The van der Waals surface area contributed by atoms with Crippen molar-refractivity contribution in [2.75, 3.05) is 55.6 Å². The summed E-state index contributed by atoms with van der Waals surface area (Å²) in [6, 6.07) is 8.34. The molecular weight excluding hydrogens is 539 g/mol. The van der Waals surface area contributed by atoms with Crippen LogP contribution in [0, 0.1) is 0 Å². The molecule has 3 aromatic rings. The third-order valence-corrected chi connectivity index (χ3v) is 8.36. The number of benzene rings is 1. The Balaban J connectivity index is 1.07. The number of anilines is 2. The molecule has 1 aromatic carbocycles. The predicted molar refractivity (Wildman–Crippen MR) is 140 cm³/mol. The number of aromatic nitrogens is 3. The van der Waals surface area contributed by atoms with Gasteiger partial charge in [0.05, 0.1) is 23.4 Å². The maximum atomic E-state index is 13.2. The van der Waals surface area contributed by atoms with Crippen LogP contribution >= 0.6 is 23.5 Å². The van der Waals surface area contributed by atoms with Gasteiger partial charge in [0.15, 0.2) is 0 Å². The molecule has 2 aromatic heterocycles. The summed E-state index contributed by atoms with van der Waals surface area (Å²) >= 11 is 7.48. The Morgan fingerprint density at radius 1 is 1.08 bits per heavy atom. The monoisotopic (exact) mass is 563 g/mol. The largest absolute Gasteiger partial charge is 0.416 e. The summed E-state index contributed by atoms with van der Waals surface area (Å²) in [5.41, 5.74) is 1.85. The third kappa shape index (κ3) is 5.09. The number of rotatable bonds is 5. The molecule has 1 amide bonds. The van der Waals surface area contributed by atoms with Gasteiger partial charge in [-0.1, -0.05) is 11.6 Å². The van der Waals surface area contributed by atoms with E-state index in [1.807, 2.05) is 32.8 Å². The first-order chi connectivity index (χ1) is 18.2. The van der Waals surface area contributed by atoms with Crippen LogP contribution in [0.5, 0.6) is 0 Å². The summed E-state index contributed by atoms with van der Waals surface area (Å²) < 4.78 is 43.6. The van der Waals surface area contributed by atoms with E-state index in [1.165, 1.54) is 0 Å². The van der Waals surface area contributed by atoms with Gasteiger partial charge < -0.3 is 15.1 Å². The van der Waals surface area contributed by atoms with E-state index in [0.717, 1.165) is 47.8 Å². The first kappa shape index (κ1) is 25.5. The van der Waals surface area contributed by atoms with Gasteiger partial charge in [-0.25, -0.2) is 9.29 Å². The molecule has 0 radical (unpaired) electrons. The fraction of sp³-hybridized carbons (Fsp3) is 0.400. The minimum Gasteiger partial charge on any atom is -0.354 e. The van der Waals surface area contributed by atoms with Crippen molar-refractivity contribution in [2.45, 2.75) is 23.5 Å². The van der Waals surface area contributed by atoms with Crippen LogP contribution in [0.25, 0.3) is 0 Å². The van der Waals surface area contributed by atoms with Crippen LogP contribution in [0.2, 0.25) is 5.15 Å². The van der Waals surface area contributed by atoms with Crippen LogP contribution < -0.4 is 15.1 Å². The van der Waals surface area contributed by atoms with Crippen LogP contribution in [0.4, 0.5) is 24.7 Å². The van der Waals surface area contributed by atoms with Crippen molar-refractivity contribution in [3.05, 3.63) is 64.6 Å². The second-order valence-corrected chi connectivity index (χ2v) is 11.1. The van der Waals surface area contributed by atoms with E-state index in [4.69, 9.17) is 11.6 Å². The first-order valence-corrected chi connectivity index (χ1v) is 13.5. The second kappa shape index (κ2) is 10.1. The number of nitrogens with one attached hydrogen (secondary N) is 1. The molecule has 38 heavy (non-hydrogen) atoms. The maximum Gasteiger partial charge on any atom is 0.416 e. The minimum absolute atomic E-state index is 0.0397. The number of hydrogen-bond acceptors (Lipinski definition) is 7. The molecule has 3 aliphatic heterocycles. The van der Waals surface area contributed by atoms with Gasteiger partial charge >= 0.3 is 6.18 Å². The van der Waals surface area contributed by atoms with Crippen LogP contribution in [0.1, 0.15) is 27.5 Å². The number of piperazine rings is 1. The molecule has 1 N–H and O–H groups in total. The Hall–Kier alpha value is -2.80. The van der Waals surface area contributed by atoms with Crippen molar-refractivity contribution < 1.29 is 18.0 Å². The molecule has 5 heterocycles. The number of amides is 1. The first-order valence-electron chi connectivity index (χ1n) is 12.4. The van der Waals surface area contributed by atoms with Gasteiger partial charge in [0.25, 0.3) is 5.91 Å². The van der Waals surface area contributed by atoms with Crippen molar-refractivity contribution in [3.8, 4) is 0 Å². The number of carbonyl (C=O) groups is 1. The minimum atomic E-state index is -4.47. The molecule has 0 unspecified atom stereocenters. The van der Waals surface area contributed by atoms with Gasteiger partial charge in [-0.2, -0.15) is 18.3 Å². The van der Waals surface area contributed by atoms with Gasteiger partial charge in [0.1, 0.15) is 11.0 Å². The number of pyridine rings is 1. The van der Waals surface area contributed by atoms with Crippen molar-refractivity contribution in [3.63, 3.8) is 0 Å². The maximum absolute atomic E-state index is 13.2. The lowest BCUT2D eigenvalue weighted by Crippen LogP contribution is -2.43. The Kier molecular flexibility index (Phi) is 6.75. The Labute approximate surface area is 226 Å². The van der Waals surface area contributed by atoms with Crippen molar-refractivity contribution >= 4 is 41.0 Å². The number of halogens is 4. The van der Waals surface area contributed by atoms with Gasteiger partial charge in [0, 0.05) is 62.6 Å². The van der Waals surface area contributed by atoms with E-state index in [9.17, 15) is 18.0 Å². The molecular formula is C25H25ClF3N7OS. The molecule has 0 aliphatic carbocycles. The Morgan fingerprint density at radius 3 is 2.58 bits per heavy atom. The normalized spacial score (nSPS) is 18.5. The lowest BCUT2D eigenvalue weighted by atomic mass is 10.2. The average Bonchev–Trinajstić information content (AvgIpc) is 3.49. The van der Waals surface area contributed by atoms with Crippen LogP contribution in [0.3, 0.4) is 0 Å². The number of carbonyl (C=O) groups excluding carboxylic acids is 1. The highest BCUT2D eigenvalue weighted by molar-refractivity contribution is 7.97. The van der Waals surface area contributed by atoms with E-state index in [2.05, 4.69) is 25.8 Å². The fourth-order valence-electron chi connectivity index (χ4n) is 4.88. The third-order valence-electron chi connectivity index (χ3n) is 7.08. The van der Waals surface area contributed by atoms with Crippen molar-refractivity contribution in [1.82, 2.24) is 24.4 Å². The predicted octanol–water partition coefficient (Wildman–Crippen LogP) is 4.13. The SMILES string of the molecule is O=C(c1cnn(C2CNC2)c1)N1CCc2cc(SN3CCN(c4cc(C(F)(F)F)cc(Cl)n4)CC3)ccc21. The quantitative estimate of drug-likeness (QED) is 0.370. The molecule has 0 saturated carbocycles. The zero-order valence-electron chi connectivity index (χ0n) is 20.3. The molecule has 8 nitrogen and oxygen atoms in total. The number of alkyl halides is 3. The topological polar surface area (TPSA) is 69.5 Å². The zero-order chi connectivity index (χ0) is 26.4. The fourth-order valence-corrected chi connectivity index (χ4v) is 6.05. The molecule has 0 atom stereocenters. The molecule has 6 rings (SSSR count). The summed E-state index contributed by atoms with van der Waals surface area (Å²) in [7, 11) is 0. The van der Waals surface area contributed by atoms with Crippen LogP contribution in [-0.2, 0) is 12.6 Å². The van der Waals surface area contributed by atoms with Crippen molar-refractivity contribution in [1.29, 1.82) is 0 Å². The molecule has 0 bridgehead atoms. The summed E-state index contributed by atoms with van der Waals surface area (Å²) in [6.45, 7) is 4.75. The van der Waals surface area contributed by atoms with Crippen molar-refractivity contribution in [2.24, 2.45) is 0 Å². The molecule has 2 fully saturated rings. The number of hydrogen-bond donors (Lipinski definition) is 1. The van der Waals surface area contributed by atoms with Crippen LogP contribution in [-0.4, -0.2) is 70.8 Å². The van der Waals surface area contributed by atoms with Gasteiger partial charge in [-0.3, -0.25) is 9.48 Å². The van der Waals surface area contributed by atoms with E-state index in [1.54, 1.807) is 18.1 Å². The molecule has 0 spiro atoms. The highest BCUT2D eigenvalue weighted by Gasteiger charge is 2.33. The Morgan fingerprint density at radius 2 is 1.87 bits per heavy atom. The lowest BCUT2D eigenvalue weighted by molar-refractivity contribution is -0.137. The smallest absolute Gasteiger partial charge is 0.354 e. The number of nitrogens with zero attached hydrogens (tertiary/aromatic N) is 6. The molecule has 3 aliphatic rings. The highest BCUT2D eigenvalue weighted by Crippen LogP contribution is 2.36. The lowest BCUT2D eigenvalue weighted by Gasteiger charge is -2.34. The van der Waals surface area contributed by atoms with E-state index >= 15 is 0 Å². The van der Waals surface area contributed by atoms with Gasteiger partial charge in [-0.05, 0) is 54.3 Å². The summed E-state index contributed by atoms with van der Waals surface area (Å²) in [6.07, 6.45) is -0.210. The summed E-state index contributed by atoms with van der Waals surface area (Å²) in [5, 5.41) is 7.41. The molecule has 200 valence electrons. The highest BCUT2D eigenvalue weighted by atomic mass is 35.5. The van der Waals surface area contributed by atoms with Crippen LogP contribution in [0.15, 0.2) is 47.6 Å². The standard InChI is InChI=1S/C25H25ClF3N7OS/c26-22-10-18(25(27,28)29)11-23(32-22)33-5-7-34(8-6-33)38-20-1-2-21-16(9-20)3-4-35(21)24(37)17-12-31-36(15-17)19-13-30-14-19/h1-2,9-12,15,19,30H,3-8,13-14H2. The molecule has 2 saturated heterocycles. The summed E-state index contributed by atoms with van der Waals surface area (Å²) in [5.74, 6) is 0.203. The zero-order valence-corrected chi connectivity index (χ0v) is 21.9. The summed E-state index contributed by atoms with van der Waals surface area (Å²) in [4.78, 5) is 22.0. The van der Waals surface area contributed by atoms with E-state index in [-0.39, 0.29) is 16.9 Å². The van der Waals surface area contributed by atoms with E-state index in [0.29, 0.717) is 44.3 Å². The Bertz CT molecular complexity index is 1350. The van der Waals surface area contributed by atoms with Gasteiger partial charge in [0.2, 0.25) is 0 Å². The second-order valence-electron chi connectivity index (χ2n) is 9.56. The number of fused-ring (bicyclic) bond motifs is 1. The van der Waals surface area contributed by atoms with E-state index < -0.39 is 11.7 Å². The van der Waals surface area contributed by atoms with Gasteiger partial charge in [-0.15, -0.1) is 0 Å². The average molecular weight is 564 g/mol.